The number of nitrogens with zero attached hydrogens (tertiary/aromatic N) is 2. The predicted octanol–water partition coefficient (Wildman–Crippen LogP) is 2.20. The van der Waals surface area contributed by atoms with Gasteiger partial charge in [0.15, 0.2) is 0 Å². The molecule has 0 saturated carbocycles. The fourth-order valence-electron chi connectivity index (χ4n) is 2.09. The van der Waals surface area contributed by atoms with E-state index in [0.717, 1.165) is 38.0 Å². The maximum Gasteiger partial charge on any atom is 0.128 e. The molecule has 2 heterocycles. The highest BCUT2D eigenvalue weighted by atomic mass is 16.1. The van der Waals surface area contributed by atoms with Crippen molar-refractivity contribution in [1.82, 2.24) is 4.98 Å². The third kappa shape index (κ3) is 2.81. The second-order valence-electron chi connectivity index (χ2n) is 4.28. The summed E-state index contributed by atoms with van der Waals surface area (Å²) in [4.78, 5) is 17.0. The molecule has 0 unspecified atom stereocenters. The molecule has 0 aliphatic carbocycles. The Morgan fingerprint density at radius 3 is 2.75 bits per heavy atom. The van der Waals surface area contributed by atoms with Crippen LogP contribution in [0.3, 0.4) is 0 Å². The fourth-order valence-corrected chi connectivity index (χ4v) is 2.09. The first-order chi connectivity index (χ1) is 7.90. The number of pyridine rings is 1. The van der Waals surface area contributed by atoms with E-state index < -0.39 is 0 Å². The molecule has 1 fully saturated rings. The van der Waals surface area contributed by atoms with E-state index in [9.17, 15) is 4.79 Å². The predicted molar refractivity (Wildman–Crippen MR) is 64.7 cm³/mol. The minimum atomic E-state index is 0.647. The second kappa shape index (κ2) is 5.64. The second-order valence-corrected chi connectivity index (χ2v) is 4.28. The van der Waals surface area contributed by atoms with Gasteiger partial charge in [0.25, 0.3) is 0 Å². The molecule has 16 heavy (non-hydrogen) atoms. The molecule has 0 aromatic carbocycles. The first-order valence-corrected chi connectivity index (χ1v) is 6.03. The van der Waals surface area contributed by atoms with Gasteiger partial charge in [0.1, 0.15) is 12.1 Å². The lowest BCUT2D eigenvalue weighted by Crippen LogP contribution is -2.18. The fraction of sp³-hybridized carbons (Fsp3) is 0.538. The van der Waals surface area contributed by atoms with Crippen LogP contribution in [0.5, 0.6) is 0 Å². The van der Waals surface area contributed by atoms with Crippen molar-refractivity contribution in [2.24, 2.45) is 0 Å². The van der Waals surface area contributed by atoms with Crippen molar-refractivity contribution < 1.29 is 4.79 Å². The summed E-state index contributed by atoms with van der Waals surface area (Å²) < 4.78 is 0. The number of anilines is 1. The van der Waals surface area contributed by atoms with Gasteiger partial charge < -0.3 is 9.69 Å². The highest BCUT2D eigenvalue weighted by Crippen LogP contribution is 2.17. The number of carbonyl (C=O) groups is 1. The zero-order chi connectivity index (χ0) is 11.2. The Bertz CT molecular complexity index is 328. The molecule has 1 aliphatic heterocycles. The van der Waals surface area contributed by atoms with Gasteiger partial charge >= 0.3 is 0 Å². The monoisotopic (exact) mass is 218 g/mol. The molecule has 2 rings (SSSR count). The summed E-state index contributed by atoms with van der Waals surface area (Å²) in [6.45, 7) is 2.27. The average molecular weight is 218 g/mol. The molecule has 3 nitrogen and oxygen atoms in total. The van der Waals surface area contributed by atoms with Gasteiger partial charge in [-0.25, -0.2) is 4.98 Å². The Morgan fingerprint density at radius 1 is 1.31 bits per heavy atom. The van der Waals surface area contributed by atoms with Crippen molar-refractivity contribution in [3.63, 3.8) is 0 Å². The summed E-state index contributed by atoms with van der Waals surface area (Å²) in [7, 11) is 0. The molecule has 1 saturated heterocycles. The van der Waals surface area contributed by atoms with E-state index in [-0.39, 0.29) is 0 Å². The summed E-state index contributed by atoms with van der Waals surface area (Å²) in [6, 6.07) is 4.23. The molecular formula is C13H18N2O. The van der Waals surface area contributed by atoms with E-state index in [1.165, 1.54) is 18.4 Å². The van der Waals surface area contributed by atoms with E-state index in [4.69, 9.17) is 0 Å². The summed E-state index contributed by atoms with van der Waals surface area (Å²) in [6.07, 6.45) is 8.00. The maximum atomic E-state index is 10.2. The number of hydrogen-bond acceptors (Lipinski definition) is 3. The summed E-state index contributed by atoms with van der Waals surface area (Å²) >= 11 is 0. The first kappa shape index (κ1) is 11.1. The van der Waals surface area contributed by atoms with Crippen LogP contribution in [0, 0.1) is 0 Å². The number of aldehydes is 1. The molecule has 1 aliphatic rings. The van der Waals surface area contributed by atoms with Crippen LogP contribution in [0.25, 0.3) is 0 Å². The van der Waals surface area contributed by atoms with Gasteiger partial charge in [0.2, 0.25) is 0 Å². The zero-order valence-corrected chi connectivity index (χ0v) is 9.56. The molecule has 1 aromatic rings. The van der Waals surface area contributed by atoms with Crippen molar-refractivity contribution in [2.45, 2.75) is 32.1 Å². The number of aryl methyl sites for hydroxylation is 1. The summed E-state index contributed by atoms with van der Waals surface area (Å²) in [5.74, 6) is 1.09. The molecule has 0 spiro atoms. The quantitative estimate of drug-likeness (QED) is 0.561. The van der Waals surface area contributed by atoms with E-state index >= 15 is 0 Å². The van der Waals surface area contributed by atoms with Gasteiger partial charge in [-0.3, -0.25) is 0 Å². The van der Waals surface area contributed by atoms with Crippen molar-refractivity contribution in [3.8, 4) is 0 Å². The van der Waals surface area contributed by atoms with E-state index in [1.54, 1.807) is 0 Å². The molecular weight excluding hydrogens is 200 g/mol. The van der Waals surface area contributed by atoms with Crippen LogP contribution in [-0.4, -0.2) is 24.4 Å². The van der Waals surface area contributed by atoms with Gasteiger partial charge in [0.05, 0.1) is 0 Å². The Hall–Kier alpha value is -1.38. The average Bonchev–Trinajstić information content (AvgIpc) is 2.84. The number of rotatable bonds is 5. The standard InChI is InChI=1S/C13H18N2O/c16-10-4-1-5-12-6-7-13(14-11-12)15-8-2-3-9-15/h6-7,10-11H,1-5,8-9H2. The van der Waals surface area contributed by atoms with Gasteiger partial charge in [0, 0.05) is 25.7 Å². The molecule has 0 bridgehead atoms. The van der Waals surface area contributed by atoms with Crippen LogP contribution in [0.15, 0.2) is 18.3 Å². The van der Waals surface area contributed by atoms with Gasteiger partial charge in [-0.1, -0.05) is 6.07 Å². The number of aromatic nitrogens is 1. The largest absolute Gasteiger partial charge is 0.357 e. The van der Waals surface area contributed by atoms with Crippen molar-refractivity contribution in [2.75, 3.05) is 18.0 Å². The van der Waals surface area contributed by atoms with Crippen LogP contribution in [0.2, 0.25) is 0 Å². The first-order valence-electron chi connectivity index (χ1n) is 6.03. The molecule has 1 aromatic heterocycles. The highest BCUT2D eigenvalue weighted by Gasteiger charge is 2.12. The molecule has 3 heteroatoms. The molecule has 86 valence electrons. The Balaban J connectivity index is 1.90. The third-order valence-electron chi connectivity index (χ3n) is 3.03. The van der Waals surface area contributed by atoms with Gasteiger partial charge in [-0.05, 0) is 37.3 Å². The summed E-state index contributed by atoms with van der Waals surface area (Å²) in [5, 5.41) is 0. The van der Waals surface area contributed by atoms with E-state index in [2.05, 4.69) is 22.0 Å². The van der Waals surface area contributed by atoms with Gasteiger partial charge in [-0.2, -0.15) is 0 Å². The molecule has 0 N–H and O–H groups in total. The van der Waals surface area contributed by atoms with Crippen LogP contribution < -0.4 is 4.90 Å². The van der Waals surface area contributed by atoms with Crippen molar-refractivity contribution >= 4 is 12.1 Å². The maximum absolute atomic E-state index is 10.2. The minimum absolute atomic E-state index is 0.647. The van der Waals surface area contributed by atoms with Crippen molar-refractivity contribution in [1.29, 1.82) is 0 Å². The zero-order valence-electron chi connectivity index (χ0n) is 9.56. The topological polar surface area (TPSA) is 33.2 Å². The van der Waals surface area contributed by atoms with Gasteiger partial charge in [-0.15, -0.1) is 0 Å². The Labute approximate surface area is 96.5 Å². The number of carbonyl (C=O) groups excluding carboxylic acids is 1. The minimum Gasteiger partial charge on any atom is -0.357 e. The van der Waals surface area contributed by atoms with E-state index in [1.807, 2.05) is 6.20 Å². The molecule has 0 radical (unpaired) electrons. The lowest BCUT2D eigenvalue weighted by molar-refractivity contribution is -0.107. The van der Waals surface area contributed by atoms with Crippen LogP contribution in [-0.2, 0) is 11.2 Å². The van der Waals surface area contributed by atoms with Crippen LogP contribution >= 0.6 is 0 Å². The Kier molecular flexibility index (Phi) is 3.91. The Morgan fingerprint density at radius 2 is 2.12 bits per heavy atom. The van der Waals surface area contributed by atoms with E-state index in [0.29, 0.717) is 6.42 Å². The smallest absolute Gasteiger partial charge is 0.128 e. The highest BCUT2D eigenvalue weighted by molar-refractivity contribution is 5.49. The normalized spacial score (nSPS) is 15.4. The molecule has 0 atom stereocenters. The van der Waals surface area contributed by atoms with Crippen LogP contribution in [0.4, 0.5) is 5.82 Å². The third-order valence-corrected chi connectivity index (χ3v) is 3.03. The SMILES string of the molecule is O=CCCCc1ccc(N2CCCC2)nc1. The summed E-state index contributed by atoms with van der Waals surface area (Å²) in [5.41, 5.74) is 1.23. The lowest BCUT2D eigenvalue weighted by atomic mass is 10.1. The number of hydrogen-bond donors (Lipinski definition) is 0. The number of unbranched alkanes of at least 4 members (excludes halogenated alkanes) is 1. The van der Waals surface area contributed by atoms with Crippen molar-refractivity contribution in [3.05, 3.63) is 23.9 Å². The lowest BCUT2D eigenvalue weighted by Gasteiger charge is -2.16. The van der Waals surface area contributed by atoms with Crippen LogP contribution in [0.1, 0.15) is 31.2 Å². The molecule has 0 amide bonds.